The summed E-state index contributed by atoms with van der Waals surface area (Å²) in [5.41, 5.74) is 6.91. The lowest BCUT2D eigenvalue weighted by molar-refractivity contribution is 0.0348. The van der Waals surface area contributed by atoms with Gasteiger partial charge in [0.15, 0.2) is 5.82 Å². The molecule has 0 saturated carbocycles. The van der Waals surface area contributed by atoms with Crippen molar-refractivity contribution in [2.75, 3.05) is 32.8 Å². The number of hydrogen-bond acceptors (Lipinski definition) is 7. The molecule has 1 aliphatic rings. The van der Waals surface area contributed by atoms with Gasteiger partial charge in [0.1, 0.15) is 12.0 Å². The van der Waals surface area contributed by atoms with Crippen LogP contribution >= 0.6 is 0 Å². The first-order valence-electron chi connectivity index (χ1n) is 6.67. The summed E-state index contributed by atoms with van der Waals surface area (Å²) in [4.78, 5) is 6.58. The molecule has 0 aromatic carbocycles. The van der Waals surface area contributed by atoms with Crippen molar-refractivity contribution in [3.05, 3.63) is 23.9 Å². The second-order valence-corrected chi connectivity index (χ2v) is 4.92. The van der Waals surface area contributed by atoms with Gasteiger partial charge in [0.2, 0.25) is 0 Å². The second kappa shape index (κ2) is 5.74. The maximum Gasteiger partial charge on any atom is 0.261 e. The van der Waals surface area contributed by atoms with Crippen molar-refractivity contribution in [3.8, 4) is 11.5 Å². The molecule has 3 rings (SSSR count). The molecule has 20 heavy (non-hydrogen) atoms. The van der Waals surface area contributed by atoms with E-state index >= 15 is 0 Å². The first-order valence-corrected chi connectivity index (χ1v) is 6.67. The highest BCUT2D eigenvalue weighted by molar-refractivity contribution is 5.51. The van der Waals surface area contributed by atoms with E-state index in [1.807, 2.05) is 13.0 Å². The topological polar surface area (TPSA) is 90.5 Å². The van der Waals surface area contributed by atoms with Gasteiger partial charge in [0.25, 0.3) is 5.89 Å². The molecule has 108 valence electrons. The lowest BCUT2D eigenvalue weighted by atomic mass is 10.2. The number of rotatable bonds is 4. The van der Waals surface area contributed by atoms with Gasteiger partial charge in [-0.2, -0.15) is 4.98 Å². The van der Waals surface area contributed by atoms with Crippen LogP contribution in [0.1, 0.15) is 17.6 Å². The molecule has 3 heterocycles. The van der Waals surface area contributed by atoms with Crippen molar-refractivity contribution < 1.29 is 13.7 Å². The molecule has 1 saturated heterocycles. The zero-order chi connectivity index (χ0) is 13.9. The van der Waals surface area contributed by atoms with Crippen LogP contribution in [0.5, 0.6) is 0 Å². The Kier molecular flexibility index (Phi) is 3.81. The summed E-state index contributed by atoms with van der Waals surface area (Å²) in [5.74, 6) is 1.76. The fourth-order valence-corrected chi connectivity index (χ4v) is 2.20. The minimum atomic E-state index is -0.265. The molecular weight excluding hydrogens is 260 g/mol. The minimum absolute atomic E-state index is 0.265. The summed E-state index contributed by atoms with van der Waals surface area (Å²) < 4.78 is 15.8. The van der Waals surface area contributed by atoms with Gasteiger partial charge < -0.3 is 19.4 Å². The van der Waals surface area contributed by atoms with Gasteiger partial charge in [-0.15, -0.1) is 0 Å². The quantitative estimate of drug-likeness (QED) is 0.891. The first-order chi connectivity index (χ1) is 9.72. The summed E-state index contributed by atoms with van der Waals surface area (Å²) in [6.45, 7) is 5.84. The van der Waals surface area contributed by atoms with E-state index in [2.05, 4.69) is 15.0 Å². The van der Waals surface area contributed by atoms with Crippen molar-refractivity contribution in [3.63, 3.8) is 0 Å². The molecular formula is C13H18N4O3. The van der Waals surface area contributed by atoms with Crippen molar-refractivity contribution in [2.24, 2.45) is 5.73 Å². The van der Waals surface area contributed by atoms with Gasteiger partial charge in [-0.1, -0.05) is 5.16 Å². The van der Waals surface area contributed by atoms with Crippen LogP contribution in [-0.4, -0.2) is 47.9 Å². The van der Waals surface area contributed by atoms with E-state index in [4.69, 9.17) is 19.4 Å². The standard InChI is InChI=1S/C13H18N4O3/c1-9-6-10(8-19-9)13-15-12(16-20-13)11(14)7-17-2-4-18-5-3-17/h6,8,11H,2-5,7,14H2,1H3. The fourth-order valence-electron chi connectivity index (χ4n) is 2.20. The van der Waals surface area contributed by atoms with E-state index in [0.717, 1.165) is 37.6 Å². The molecule has 0 spiro atoms. The average Bonchev–Trinajstić information content (AvgIpc) is 3.08. The largest absolute Gasteiger partial charge is 0.469 e. The molecule has 2 N–H and O–H groups in total. The highest BCUT2D eigenvalue weighted by atomic mass is 16.5. The van der Waals surface area contributed by atoms with Crippen LogP contribution in [0.2, 0.25) is 0 Å². The third-order valence-corrected chi connectivity index (χ3v) is 3.31. The summed E-state index contributed by atoms with van der Waals surface area (Å²) in [5, 5.41) is 3.96. The molecule has 1 aliphatic heterocycles. The highest BCUT2D eigenvalue weighted by Gasteiger charge is 2.20. The molecule has 1 atom stereocenters. The number of furan rings is 1. The third kappa shape index (κ3) is 2.90. The van der Waals surface area contributed by atoms with Gasteiger partial charge in [0, 0.05) is 19.6 Å². The molecule has 7 heteroatoms. The average molecular weight is 278 g/mol. The van der Waals surface area contributed by atoms with Crippen LogP contribution in [0, 0.1) is 6.92 Å². The van der Waals surface area contributed by atoms with Crippen molar-refractivity contribution in [2.45, 2.75) is 13.0 Å². The molecule has 7 nitrogen and oxygen atoms in total. The van der Waals surface area contributed by atoms with Crippen molar-refractivity contribution in [1.82, 2.24) is 15.0 Å². The van der Waals surface area contributed by atoms with Crippen LogP contribution in [0.3, 0.4) is 0 Å². The Hall–Kier alpha value is -1.70. The smallest absolute Gasteiger partial charge is 0.261 e. The molecule has 2 aromatic rings. The number of hydrogen-bond donors (Lipinski definition) is 1. The number of ether oxygens (including phenoxy) is 1. The number of aromatic nitrogens is 2. The predicted octanol–water partition coefficient (Wildman–Crippen LogP) is 0.970. The van der Waals surface area contributed by atoms with Gasteiger partial charge in [-0.3, -0.25) is 4.90 Å². The summed E-state index contributed by atoms with van der Waals surface area (Å²) in [6, 6.07) is 1.59. The highest BCUT2D eigenvalue weighted by Crippen LogP contribution is 2.21. The van der Waals surface area contributed by atoms with Crippen molar-refractivity contribution in [1.29, 1.82) is 0 Å². The van der Waals surface area contributed by atoms with Gasteiger partial charge in [0.05, 0.1) is 24.8 Å². The number of aryl methyl sites for hydroxylation is 1. The minimum Gasteiger partial charge on any atom is -0.469 e. The molecule has 1 unspecified atom stereocenters. The van der Waals surface area contributed by atoms with Gasteiger partial charge in [-0.25, -0.2) is 0 Å². The normalized spacial score (nSPS) is 18.3. The lowest BCUT2D eigenvalue weighted by Crippen LogP contribution is -2.40. The number of nitrogens with two attached hydrogens (primary N) is 1. The summed E-state index contributed by atoms with van der Waals surface area (Å²) in [6.07, 6.45) is 1.60. The Morgan fingerprint density at radius 1 is 1.40 bits per heavy atom. The molecule has 1 fully saturated rings. The van der Waals surface area contributed by atoms with Crippen LogP contribution in [0.15, 0.2) is 21.3 Å². The van der Waals surface area contributed by atoms with Crippen LogP contribution < -0.4 is 5.73 Å². The number of morpholine rings is 1. The lowest BCUT2D eigenvalue weighted by Gasteiger charge is -2.27. The first kappa shape index (κ1) is 13.3. The van der Waals surface area contributed by atoms with Crippen LogP contribution in [-0.2, 0) is 4.74 Å². The van der Waals surface area contributed by atoms with Gasteiger partial charge in [-0.05, 0) is 13.0 Å². The number of nitrogens with zero attached hydrogens (tertiary/aromatic N) is 3. The Morgan fingerprint density at radius 2 is 2.20 bits per heavy atom. The Bertz CT molecular complexity index is 559. The SMILES string of the molecule is Cc1cc(-c2nc(C(N)CN3CCOCC3)no2)co1. The van der Waals surface area contributed by atoms with Crippen LogP contribution in [0.25, 0.3) is 11.5 Å². The summed E-state index contributed by atoms with van der Waals surface area (Å²) in [7, 11) is 0. The van der Waals surface area contributed by atoms with Crippen LogP contribution in [0.4, 0.5) is 0 Å². The van der Waals surface area contributed by atoms with E-state index in [-0.39, 0.29) is 6.04 Å². The monoisotopic (exact) mass is 278 g/mol. The van der Waals surface area contributed by atoms with E-state index in [0.29, 0.717) is 18.3 Å². The van der Waals surface area contributed by atoms with Gasteiger partial charge >= 0.3 is 0 Å². The molecule has 0 aliphatic carbocycles. The fraction of sp³-hybridized carbons (Fsp3) is 0.538. The van der Waals surface area contributed by atoms with Crippen molar-refractivity contribution >= 4 is 0 Å². The predicted molar refractivity (Wildman–Crippen MR) is 70.9 cm³/mol. The molecule has 0 bridgehead atoms. The van der Waals surface area contributed by atoms with E-state index < -0.39 is 0 Å². The maximum atomic E-state index is 6.13. The maximum absolute atomic E-state index is 6.13. The zero-order valence-corrected chi connectivity index (χ0v) is 11.4. The molecule has 2 aromatic heterocycles. The Balaban J connectivity index is 1.66. The Labute approximate surface area is 116 Å². The molecule has 0 radical (unpaired) electrons. The van der Waals surface area contributed by atoms with E-state index in [1.165, 1.54) is 0 Å². The van der Waals surface area contributed by atoms with E-state index in [9.17, 15) is 0 Å². The Morgan fingerprint density at radius 3 is 2.90 bits per heavy atom. The van der Waals surface area contributed by atoms with E-state index in [1.54, 1.807) is 6.26 Å². The third-order valence-electron chi connectivity index (χ3n) is 3.31. The molecule has 0 amide bonds. The second-order valence-electron chi connectivity index (χ2n) is 4.92. The zero-order valence-electron chi connectivity index (χ0n) is 11.4. The summed E-state index contributed by atoms with van der Waals surface area (Å²) >= 11 is 0.